The number of anilines is 1. The predicted molar refractivity (Wildman–Crippen MR) is 121 cm³/mol. The summed E-state index contributed by atoms with van der Waals surface area (Å²) >= 11 is 6.03. The minimum Gasteiger partial charge on any atom is -0.497 e. The molecule has 158 valence electrons. The van der Waals surface area contributed by atoms with E-state index in [0.29, 0.717) is 6.54 Å². The molecule has 2 aromatic rings. The molecule has 1 amide bonds. The molecular weight excluding hydrogens is 398 g/mol. The molecule has 5 nitrogen and oxygen atoms in total. The van der Waals surface area contributed by atoms with Gasteiger partial charge in [-0.2, -0.15) is 0 Å². The lowest BCUT2D eigenvalue weighted by Crippen LogP contribution is -2.60. The van der Waals surface area contributed by atoms with E-state index in [-0.39, 0.29) is 17.9 Å². The molecule has 0 spiro atoms. The molecule has 1 fully saturated rings. The Labute approximate surface area is 183 Å². The number of rotatable bonds is 6. The lowest BCUT2D eigenvalue weighted by atomic mass is 9.83. The summed E-state index contributed by atoms with van der Waals surface area (Å²) in [6.45, 7) is 7.73. The third-order valence-electron chi connectivity index (χ3n) is 6.09. The van der Waals surface area contributed by atoms with Crippen molar-refractivity contribution >= 4 is 23.2 Å². The first-order valence-corrected chi connectivity index (χ1v) is 10.8. The van der Waals surface area contributed by atoms with Gasteiger partial charge in [-0.15, -0.1) is 6.58 Å². The van der Waals surface area contributed by atoms with Crippen molar-refractivity contribution in [2.24, 2.45) is 5.92 Å². The fourth-order valence-electron chi connectivity index (χ4n) is 4.56. The predicted octanol–water partition coefficient (Wildman–Crippen LogP) is 3.51. The van der Waals surface area contributed by atoms with Crippen molar-refractivity contribution in [3.8, 4) is 5.75 Å². The zero-order valence-electron chi connectivity index (χ0n) is 17.3. The van der Waals surface area contributed by atoms with Gasteiger partial charge in [-0.25, -0.2) is 0 Å². The molecule has 0 bridgehead atoms. The molecule has 2 atom stereocenters. The Balaban J connectivity index is 1.58. The van der Waals surface area contributed by atoms with Crippen molar-refractivity contribution in [2.75, 3.05) is 38.2 Å². The van der Waals surface area contributed by atoms with E-state index in [1.807, 2.05) is 18.2 Å². The average Bonchev–Trinajstić information content (AvgIpc) is 2.78. The van der Waals surface area contributed by atoms with E-state index >= 15 is 0 Å². The van der Waals surface area contributed by atoms with Crippen molar-refractivity contribution in [2.45, 2.75) is 19.0 Å². The number of hydrogen-bond donors (Lipinski definition) is 1. The first kappa shape index (κ1) is 20.8. The van der Waals surface area contributed by atoms with Crippen molar-refractivity contribution in [3.63, 3.8) is 0 Å². The zero-order valence-corrected chi connectivity index (χ0v) is 18.1. The molecular formula is C24H28ClN3O2. The van der Waals surface area contributed by atoms with Crippen LogP contribution in [0.1, 0.15) is 11.1 Å². The van der Waals surface area contributed by atoms with E-state index in [0.717, 1.165) is 43.4 Å². The standard InChI is InChI=1S/C24H28ClN3O2/c1-3-10-26-24(29)21-13-18-6-9-20(30-2)14-22(18)28-12-11-27(16-23(21)28)15-17-4-7-19(25)8-5-17/h3-9,14,21,23H,1,10-13,15-16H2,2H3,(H,26,29)/t21-,23-/m0/s1. The Kier molecular flexibility index (Phi) is 6.30. The van der Waals surface area contributed by atoms with E-state index in [9.17, 15) is 4.79 Å². The van der Waals surface area contributed by atoms with Gasteiger partial charge < -0.3 is 15.0 Å². The monoisotopic (exact) mass is 425 g/mol. The number of methoxy groups -OCH3 is 1. The van der Waals surface area contributed by atoms with E-state index in [2.05, 4.69) is 46.0 Å². The number of carbonyl (C=O) groups is 1. The van der Waals surface area contributed by atoms with Crippen LogP contribution < -0.4 is 15.0 Å². The molecule has 1 N–H and O–H groups in total. The Hall–Kier alpha value is -2.50. The van der Waals surface area contributed by atoms with Crippen LogP contribution in [0, 0.1) is 5.92 Å². The van der Waals surface area contributed by atoms with Gasteiger partial charge in [-0.3, -0.25) is 9.69 Å². The number of piperazine rings is 1. The highest BCUT2D eigenvalue weighted by Gasteiger charge is 2.41. The van der Waals surface area contributed by atoms with Crippen molar-refractivity contribution in [1.29, 1.82) is 0 Å². The third kappa shape index (κ3) is 4.32. The second-order valence-corrected chi connectivity index (χ2v) is 8.40. The van der Waals surface area contributed by atoms with Crippen molar-refractivity contribution in [3.05, 3.63) is 71.3 Å². The summed E-state index contributed by atoms with van der Waals surface area (Å²) in [7, 11) is 1.69. The van der Waals surface area contributed by atoms with Gasteiger partial charge in [0, 0.05) is 49.5 Å². The van der Waals surface area contributed by atoms with Gasteiger partial charge in [0.15, 0.2) is 0 Å². The van der Waals surface area contributed by atoms with E-state index in [4.69, 9.17) is 16.3 Å². The summed E-state index contributed by atoms with van der Waals surface area (Å²) in [5.74, 6) is 0.851. The normalized spacial score (nSPS) is 20.8. The quantitative estimate of drug-likeness (QED) is 0.719. The molecule has 0 radical (unpaired) electrons. The Morgan fingerprint density at radius 1 is 1.27 bits per heavy atom. The second kappa shape index (κ2) is 9.11. The van der Waals surface area contributed by atoms with Crippen LogP contribution in [0.3, 0.4) is 0 Å². The van der Waals surface area contributed by atoms with E-state index < -0.39 is 0 Å². The van der Waals surface area contributed by atoms with Crippen LogP contribution in [0.2, 0.25) is 5.02 Å². The zero-order chi connectivity index (χ0) is 21.1. The number of nitrogens with zero attached hydrogens (tertiary/aromatic N) is 2. The number of halogens is 1. The number of ether oxygens (including phenoxy) is 1. The van der Waals surface area contributed by atoms with Gasteiger partial charge in [-0.05, 0) is 35.7 Å². The van der Waals surface area contributed by atoms with Gasteiger partial charge in [0.1, 0.15) is 5.75 Å². The van der Waals surface area contributed by atoms with E-state index in [1.165, 1.54) is 16.8 Å². The fourth-order valence-corrected chi connectivity index (χ4v) is 4.69. The maximum absolute atomic E-state index is 13.0. The molecule has 1 saturated heterocycles. The third-order valence-corrected chi connectivity index (χ3v) is 6.34. The number of hydrogen-bond acceptors (Lipinski definition) is 4. The number of nitrogens with one attached hydrogen (secondary N) is 1. The minimum absolute atomic E-state index is 0.0970. The number of benzene rings is 2. The van der Waals surface area contributed by atoms with Gasteiger partial charge in [0.2, 0.25) is 5.91 Å². The number of amides is 1. The Bertz CT molecular complexity index is 915. The summed E-state index contributed by atoms with van der Waals surface area (Å²) in [5.41, 5.74) is 3.63. The van der Waals surface area contributed by atoms with Crippen molar-refractivity contribution in [1.82, 2.24) is 10.2 Å². The summed E-state index contributed by atoms with van der Waals surface area (Å²) in [4.78, 5) is 17.8. The summed E-state index contributed by atoms with van der Waals surface area (Å²) in [6.07, 6.45) is 2.46. The lowest BCUT2D eigenvalue weighted by molar-refractivity contribution is -0.126. The van der Waals surface area contributed by atoms with Crippen LogP contribution in [-0.2, 0) is 17.8 Å². The molecule has 2 heterocycles. The topological polar surface area (TPSA) is 44.8 Å². The van der Waals surface area contributed by atoms with Gasteiger partial charge in [0.25, 0.3) is 0 Å². The maximum atomic E-state index is 13.0. The maximum Gasteiger partial charge on any atom is 0.225 e. The summed E-state index contributed by atoms with van der Waals surface area (Å²) in [6, 6.07) is 14.3. The van der Waals surface area contributed by atoms with Crippen LogP contribution >= 0.6 is 11.6 Å². The molecule has 2 aliphatic heterocycles. The molecule has 2 aromatic carbocycles. The van der Waals surface area contributed by atoms with Crippen LogP contribution in [0.5, 0.6) is 5.75 Å². The van der Waals surface area contributed by atoms with Crippen LogP contribution in [0.25, 0.3) is 0 Å². The Morgan fingerprint density at radius 3 is 2.80 bits per heavy atom. The molecule has 0 aromatic heterocycles. The van der Waals surface area contributed by atoms with Gasteiger partial charge in [0.05, 0.1) is 19.1 Å². The fraction of sp³-hybridized carbons (Fsp3) is 0.375. The van der Waals surface area contributed by atoms with Crippen LogP contribution in [0.15, 0.2) is 55.1 Å². The van der Waals surface area contributed by atoms with Gasteiger partial charge in [-0.1, -0.05) is 35.9 Å². The average molecular weight is 426 g/mol. The minimum atomic E-state index is -0.0983. The highest BCUT2D eigenvalue weighted by atomic mass is 35.5. The summed E-state index contributed by atoms with van der Waals surface area (Å²) in [5, 5.41) is 3.77. The summed E-state index contributed by atoms with van der Waals surface area (Å²) < 4.78 is 5.46. The number of fused-ring (bicyclic) bond motifs is 3. The SMILES string of the molecule is C=CCNC(=O)[C@H]1Cc2ccc(OC)cc2N2CCN(Cc3ccc(Cl)cc3)C[C@@H]12. The second-order valence-electron chi connectivity index (χ2n) is 7.96. The Morgan fingerprint density at radius 2 is 2.07 bits per heavy atom. The van der Waals surface area contributed by atoms with Gasteiger partial charge >= 0.3 is 0 Å². The molecule has 0 saturated carbocycles. The molecule has 0 aliphatic carbocycles. The van der Waals surface area contributed by atoms with Crippen LogP contribution in [-0.4, -0.2) is 50.1 Å². The molecule has 4 rings (SSSR count). The highest BCUT2D eigenvalue weighted by Crippen LogP contribution is 2.38. The lowest BCUT2D eigenvalue weighted by Gasteiger charge is -2.49. The smallest absolute Gasteiger partial charge is 0.225 e. The molecule has 6 heteroatoms. The first-order valence-electron chi connectivity index (χ1n) is 10.4. The first-order chi connectivity index (χ1) is 14.6. The largest absolute Gasteiger partial charge is 0.497 e. The van der Waals surface area contributed by atoms with Crippen molar-refractivity contribution < 1.29 is 9.53 Å². The van der Waals surface area contributed by atoms with Crippen LogP contribution in [0.4, 0.5) is 5.69 Å². The van der Waals surface area contributed by atoms with E-state index in [1.54, 1.807) is 13.2 Å². The molecule has 2 aliphatic rings. The molecule has 30 heavy (non-hydrogen) atoms. The highest BCUT2D eigenvalue weighted by molar-refractivity contribution is 6.30. The number of carbonyl (C=O) groups excluding carboxylic acids is 1. The molecule has 0 unspecified atom stereocenters.